The van der Waals surface area contributed by atoms with E-state index in [1.54, 1.807) is 0 Å². The van der Waals surface area contributed by atoms with Gasteiger partial charge in [-0.05, 0) is 0 Å². The first-order chi connectivity index (χ1) is 36.4. The Morgan fingerprint density at radius 2 is 0.365 bits per heavy atom. The Morgan fingerprint density at radius 3 is 0.500 bits per heavy atom. The highest BCUT2D eigenvalue weighted by Crippen LogP contribution is 2.18. The van der Waals surface area contributed by atoms with Crippen LogP contribution in [0.15, 0.2) is 38.0 Å². The van der Waals surface area contributed by atoms with Gasteiger partial charge in [-0.1, -0.05) is 26.7 Å². The Kier molecular flexibility index (Phi) is 56.7. The molecule has 0 unspecified atom stereocenters. The number of esters is 3. The fourth-order valence-electron chi connectivity index (χ4n) is 5.16. The summed E-state index contributed by atoms with van der Waals surface area (Å²) in [5.74, 6) is -1.43. The number of hydrogen-bond donors (Lipinski definition) is 0. The average molecular weight is 1080 g/mol. The summed E-state index contributed by atoms with van der Waals surface area (Å²) in [5, 5.41) is 0. The lowest BCUT2D eigenvalue weighted by Gasteiger charge is -2.29. The normalized spacial score (nSPS) is 11.5. The molecule has 0 saturated carbocycles. The lowest BCUT2D eigenvalue weighted by Crippen LogP contribution is -2.35. The third-order valence-corrected chi connectivity index (χ3v) is 8.85. The summed E-state index contributed by atoms with van der Waals surface area (Å²) < 4.78 is 115. The van der Waals surface area contributed by atoms with Crippen LogP contribution in [0.5, 0.6) is 0 Å². The van der Waals surface area contributed by atoms with Gasteiger partial charge in [0.05, 0.1) is 238 Å². The number of rotatable bonds is 63. The minimum atomic E-state index is -0.477. The number of carbonyl (C=O) groups excluding carboxylic acids is 3. The molecule has 0 bridgehead atoms. The molecule has 0 aliphatic heterocycles. The molecule has 0 aromatic rings. The summed E-state index contributed by atoms with van der Waals surface area (Å²) in [6, 6.07) is 0. The van der Waals surface area contributed by atoms with Crippen molar-refractivity contribution >= 4 is 17.9 Å². The Balaban J connectivity index is 4.12. The summed E-state index contributed by atoms with van der Waals surface area (Å²) in [6.07, 6.45) is 3.32. The molecule has 0 atom stereocenters. The molecular formula is C50H90O24. The first-order valence-electron chi connectivity index (χ1n) is 25.1. The van der Waals surface area contributed by atoms with Crippen LogP contribution in [0.25, 0.3) is 0 Å². The van der Waals surface area contributed by atoms with Gasteiger partial charge in [-0.25, -0.2) is 14.4 Å². The molecule has 0 aromatic carbocycles. The van der Waals surface area contributed by atoms with Gasteiger partial charge < -0.3 is 99.5 Å². The molecule has 24 nitrogen and oxygen atoms in total. The zero-order valence-electron chi connectivity index (χ0n) is 44.2. The lowest BCUT2D eigenvalue weighted by atomic mass is 9.94. The van der Waals surface area contributed by atoms with Crippen molar-refractivity contribution in [2.45, 2.75) is 6.92 Å². The van der Waals surface area contributed by atoms with Crippen LogP contribution in [0, 0.1) is 5.41 Å². The highest BCUT2D eigenvalue weighted by atomic mass is 16.6. The number of carbonyl (C=O) groups is 3. The molecule has 434 valence electrons. The van der Waals surface area contributed by atoms with Crippen LogP contribution in [0.4, 0.5) is 0 Å². The van der Waals surface area contributed by atoms with Gasteiger partial charge in [0.2, 0.25) is 0 Å². The van der Waals surface area contributed by atoms with E-state index in [0.29, 0.717) is 238 Å². The zero-order chi connectivity index (χ0) is 53.8. The van der Waals surface area contributed by atoms with Crippen molar-refractivity contribution in [3.8, 4) is 0 Å². The molecule has 0 amide bonds. The largest absolute Gasteiger partial charge is 0.460 e. The van der Waals surface area contributed by atoms with Crippen LogP contribution in [0.1, 0.15) is 6.92 Å². The summed E-state index contributed by atoms with van der Waals surface area (Å²) in [7, 11) is 0. The van der Waals surface area contributed by atoms with Crippen molar-refractivity contribution in [1.82, 2.24) is 0 Å². The third-order valence-electron chi connectivity index (χ3n) is 8.85. The van der Waals surface area contributed by atoms with E-state index in [9.17, 15) is 14.4 Å². The van der Waals surface area contributed by atoms with Crippen LogP contribution in [0.2, 0.25) is 0 Å². The van der Waals surface area contributed by atoms with E-state index in [0.717, 1.165) is 18.2 Å². The van der Waals surface area contributed by atoms with Crippen molar-refractivity contribution in [2.24, 2.45) is 5.41 Å². The Morgan fingerprint density at radius 1 is 0.243 bits per heavy atom. The number of hydrogen-bond acceptors (Lipinski definition) is 24. The van der Waals surface area contributed by atoms with E-state index in [1.807, 2.05) is 6.92 Å². The summed E-state index contributed by atoms with van der Waals surface area (Å²) in [5.41, 5.74) is -0.443. The van der Waals surface area contributed by atoms with Gasteiger partial charge in [-0.2, -0.15) is 0 Å². The van der Waals surface area contributed by atoms with Gasteiger partial charge in [-0.15, -0.1) is 0 Å². The van der Waals surface area contributed by atoms with Gasteiger partial charge in [0, 0.05) is 23.6 Å². The van der Waals surface area contributed by atoms with Crippen LogP contribution in [-0.2, 0) is 114 Å². The van der Waals surface area contributed by atoms with Crippen LogP contribution < -0.4 is 0 Å². The quantitative estimate of drug-likeness (QED) is 0.0362. The predicted octanol–water partition coefficient (Wildman–Crippen LogP) is 1.48. The first kappa shape index (κ1) is 70.9. The lowest BCUT2D eigenvalue weighted by molar-refractivity contribution is -0.140. The minimum absolute atomic E-state index is 0.173. The van der Waals surface area contributed by atoms with E-state index in [4.69, 9.17) is 99.5 Å². The molecule has 0 heterocycles. The molecule has 0 fully saturated rings. The van der Waals surface area contributed by atoms with Crippen LogP contribution >= 0.6 is 0 Å². The summed E-state index contributed by atoms with van der Waals surface area (Å²) >= 11 is 0. The van der Waals surface area contributed by atoms with E-state index >= 15 is 0 Å². The fraction of sp³-hybridized carbons (Fsp3) is 0.820. The highest BCUT2D eigenvalue weighted by Gasteiger charge is 2.26. The molecule has 74 heavy (non-hydrogen) atoms. The molecular weight excluding hydrogens is 985 g/mol. The maximum Gasteiger partial charge on any atom is 0.330 e. The smallest absolute Gasteiger partial charge is 0.330 e. The minimum Gasteiger partial charge on any atom is -0.460 e. The van der Waals surface area contributed by atoms with Gasteiger partial charge >= 0.3 is 17.9 Å². The molecule has 24 heteroatoms. The maximum absolute atomic E-state index is 11.0. The predicted molar refractivity (Wildman–Crippen MR) is 266 cm³/mol. The average Bonchev–Trinajstić information content (AvgIpc) is 3.41. The molecule has 0 radical (unpaired) electrons. The molecule has 0 aliphatic carbocycles. The van der Waals surface area contributed by atoms with E-state index in [-0.39, 0.29) is 19.8 Å². The van der Waals surface area contributed by atoms with E-state index < -0.39 is 23.3 Å². The monoisotopic (exact) mass is 1070 g/mol. The molecule has 0 aliphatic rings. The molecule has 0 aromatic heterocycles. The third kappa shape index (κ3) is 56.6. The van der Waals surface area contributed by atoms with Crippen molar-refractivity contribution in [3.63, 3.8) is 0 Å². The Hall–Kier alpha value is -3.09. The maximum atomic E-state index is 11.0. The van der Waals surface area contributed by atoms with Gasteiger partial charge in [0.25, 0.3) is 0 Å². The standard InChI is InChI=1S/C50H90O24/c1-5-47(51)72-41-38-66-29-26-60-17-14-54-8-11-57-20-23-63-32-35-69-44-50(4,45-70-36-33-64-24-21-58-12-9-55-15-18-61-27-30-67-39-42-73-48(52)6-2)46-71-37-34-65-25-22-59-13-10-56-16-19-62-28-31-68-40-43-74-49(53)7-3/h5-7H,1-3,8-46H2,4H3. The molecule has 0 N–H and O–H groups in total. The van der Waals surface area contributed by atoms with Crippen molar-refractivity contribution < 1.29 is 114 Å². The van der Waals surface area contributed by atoms with E-state index in [1.165, 1.54) is 0 Å². The Labute approximate surface area is 438 Å². The van der Waals surface area contributed by atoms with Crippen molar-refractivity contribution in [2.75, 3.05) is 258 Å². The van der Waals surface area contributed by atoms with Gasteiger partial charge in [0.1, 0.15) is 19.8 Å². The van der Waals surface area contributed by atoms with Crippen molar-refractivity contribution in [1.29, 1.82) is 0 Å². The Bertz CT molecular complexity index is 1120. The zero-order valence-corrected chi connectivity index (χ0v) is 44.2. The van der Waals surface area contributed by atoms with Crippen LogP contribution in [0.3, 0.4) is 0 Å². The second-order valence-electron chi connectivity index (χ2n) is 15.3. The molecule has 0 spiro atoms. The van der Waals surface area contributed by atoms with Gasteiger partial charge in [0.15, 0.2) is 0 Å². The van der Waals surface area contributed by atoms with Crippen LogP contribution in [-0.4, -0.2) is 276 Å². The number of ether oxygens (including phenoxy) is 21. The SMILES string of the molecule is C=CC(=O)OCCOCCOCCOCCOCCOCCOCC(C)(COCCOCCOCCOCCOCCOCCOC(=O)C=C)COCCOCCOCCOCCOCCOCCOC(=O)C=C. The van der Waals surface area contributed by atoms with Gasteiger partial charge in [-0.3, -0.25) is 0 Å². The molecule has 0 rings (SSSR count). The van der Waals surface area contributed by atoms with Crippen molar-refractivity contribution in [3.05, 3.63) is 38.0 Å². The highest BCUT2D eigenvalue weighted by molar-refractivity contribution is 5.81. The summed E-state index contributed by atoms with van der Waals surface area (Å²) in [4.78, 5) is 32.9. The summed E-state index contributed by atoms with van der Waals surface area (Å²) in [6.45, 7) is 27.1. The second-order valence-corrected chi connectivity index (χ2v) is 15.3. The first-order valence-corrected chi connectivity index (χ1v) is 25.1. The molecule has 0 saturated heterocycles. The van der Waals surface area contributed by atoms with E-state index in [2.05, 4.69) is 19.7 Å². The topological polar surface area (TPSA) is 245 Å². The fourth-order valence-corrected chi connectivity index (χ4v) is 5.16. The second kappa shape index (κ2) is 59.2.